The van der Waals surface area contributed by atoms with Crippen LogP contribution >= 0.6 is 0 Å². The highest BCUT2D eigenvalue weighted by atomic mass is 16.5. The summed E-state index contributed by atoms with van der Waals surface area (Å²) in [7, 11) is 1.32. The third-order valence-electron chi connectivity index (χ3n) is 2.32. The molecule has 0 aromatic heterocycles. The average molecular weight is 230 g/mol. The summed E-state index contributed by atoms with van der Waals surface area (Å²) in [6.07, 6.45) is 2.03. The van der Waals surface area contributed by atoms with Crippen LogP contribution in [0.2, 0.25) is 0 Å². The Labute approximate surface area is 96.9 Å². The second-order valence-corrected chi connectivity index (χ2v) is 3.94. The quantitative estimate of drug-likeness (QED) is 0.511. The number of rotatable bonds is 7. The Balaban J connectivity index is 4.19. The molecule has 0 aromatic carbocycles. The van der Waals surface area contributed by atoms with E-state index in [0.29, 0.717) is 13.0 Å². The van der Waals surface area contributed by atoms with Crippen LogP contribution in [0.4, 0.5) is 0 Å². The maximum absolute atomic E-state index is 11.8. The lowest BCUT2D eigenvalue weighted by atomic mass is 10.2. The Morgan fingerprint density at radius 3 is 2.38 bits per heavy atom. The molecular weight excluding hydrogens is 208 g/mol. The molecule has 0 fully saturated rings. The fraction of sp³-hybridized carbons (Fsp3) is 0.818. The maximum atomic E-state index is 11.8. The highest BCUT2D eigenvalue weighted by molar-refractivity contribution is 5.82. The first-order chi connectivity index (χ1) is 7.52. The molecule has 94 valence electrons. The summed E-state index contributed by atoms with van der Waals surface area (Å²) < 4.78 is 4.55. The molecule has 16 heavy (non-hydrogen) atoms. The van der Waals surface area contributed by atoms with E-state index in [1.54, 1.807) is 0 Å². The van der Waals surface area contributed by atoms with Gasteiger partial charge in [0.25, 0.3) is 0 Å². The van der Waals surface area contributed by atoms with E-state index >= 15 is 0 Å². The van der Waals surface area contributed by atoms with Crippen molar-refractivity contribution >= 4 is 11.9 Å². The normalized spacial score (nSPS) is 10.3. The molecule has 5 heteroatoms. The number of hydrogen-bond acceptors (Lipinski definition) is 4. The van der Waals surface area contributed by atoms with Crippen LogP contribution in [0.5, 0.6) is 0 Å². The van der Waals surface area contributed by atoms with Crippen LogP contribution in [0, 0.1) is 0 Å². The molecular formula is C11H22N2O3. The first-order valence-corrected chi connectivity index (χ1v) is 5.59. The lowest BCUT2D eigenvalue weighted by Crippen LogP contribution is -2.41. The predicted octanol–water partition coefficient (Wildman–Crippen LogP) is 0.525. The number of carbonyl (C=O) groups is 2. The molecule has 0 atom stereocenters. The Morgan fingerprint density at radius 2 is 1.94 bits per heavy atom. The van der Waals surface area contributed by atoms with E-state index in [9.17, 15) is 9.59 Å². The standard InChI is InChI=1S/C11H22N2O3/c1-9(2)13(8-11(15)16-3)10(14)6-4-5-7-12/h9H,4-8,12H2,1-3H3. The molecule has 0 rings (SSSR count). The minimum Gasteiger partial charge on any atom is -0.468 e. The first kappa shape index (κ1) is 14.9. The van der Waals surface area contributed by atoms with E-state index in [4.69, 9.17) is 5.73 Å². The molecule has 0 aliphatic heterocycles. The minimum absolute atomic E-state index is 0.00414. The second-order valence-electron chi connectivity index (χ2n) is 3.94. The van der Waals surface area contributed by atoms with Gasteiger partial charge in [0.05, 0.1) is 7.11 Å². The molecule has 0 aliphatic carbocycles. The summed E-state index contributed by atoms with van der Waals surface area (Å²) in [4.78, 5) is 24.4. The van der Waals surface area contributed by atoms with Crippen molar-refractivity contribution in [1.82, 2.24) is 4.90 Å². The zero-order valence-electron chi connectivity index (χ0n) is 10.4. The van der Waals surface area contributed by atoms with Gasteiger partial charge in [-0.3, -0.25) is 9.59 Å². The fourth-order valence-electron chi connectivity index (χ4n) is 1.33. The molecule has 0 spiro atoms. The topological polar surface area (TPSA) is 72.6 Å². The largest absolute Gasteiger partial charge is 0.468 e. The lowest BCUT2D eigenvalue weighted by Gasteiger charge is -2.25. The van der Waals surface area contributed by atoms with Gasteiger partial charge >= 0.3 is 5.97 Å². The number of unbranched alkanes of at least 4 members (excludes halogenated alkanes) is 1. The highest BCUT2D eigenvalue weighted by Crippen LogP contribution is 2.05. The Morgan fingerprint density at radius 1 is 1.31 bits per heavy atom. The second kappa shape index (κ2) is 8.10. The Kier molecular flexibility index (Phi) is 7.54. The Hall–Kier alpha value is -1.10. The average Bonchev–Trinajstić information content (AvgIpc) is 2.25. The van der Waals surface area contributed by atoms with Crippen LogP contribution < -0.4 is 5.73 Å². The summed E-state index contributed by atoms with van der Waals surface area (Å²) in [5.41, 5.74) is 5.35. The number of nitrogens with zero attached hydrogens (tertiary/aromatic N) is 1. The van der Waals surface area contributed by atoms with Gasteiger partial charge in [0.1, 0.15) is 6.54 Å². The molecule has 1 amide bonds. The zero-order valence-corrected chi connectivity index (χ0v) is 10.4. The van der Waals surface area contributed by atoms with Crippen molar-refractivity contribution in [2.45, 2.75) is 39.2 Å². The van der Waals surface area contributed by atoms with Crippen molar-refractivity contribution in [2.75, 3.05) is 20.2 Å². The van der Waals surface area contributed by atoms with Gasteiger partial charge in [0, 0.05) is 12.5 Å². The number of nitrogens with two attached hydrogens (primary N) is 1. The van der Waals surface area contributed by atoms with Gasteiger partial charge < -0.3 is 15.4 Å². The number of carbonyl (C=O) groups excluding carboxylic acids is 2. The highest BCUT2D eigenvalue weighted by Gasteiger charge is 2.19. The molecule has 0 heterocycles. The van der Waals surface area contributed by atoms with Gasteiger partial charge in [-0.1, -0.05) is 0 Å². The number of amides is 1. The summed E-state index contributed by atoms with van der Waals surface area (Å²) in [5.74, 6) is -0.408. The van der Waals surface area contributed by atoms with Gasteiger partial charge in [-0.2, -0.15) is 0 Å². The van der Waals surface area contributed by atoms with Crippen LogP contribution in [0.15, 0.2) is 0 Å². The Bertz CT molecular complexity index is 229. The minimum atomic E-state index is -0.388. The number of esters is 1. The van der Waals surface area contributed by atoms with Gasteiger partial charge in [0.2, 0.25) is 5.91 Å². The van der Waals surface area contributed by atoms with E-state index in [1.807, 2.05) is 13.8 Å². The third kappa shape index (κ3) is 5.70. The first-order valence-electron chi connectivity index (χ1n) is 5.59. The smallest absolute Gasteiger partial charge is 0.325 e. The van der Waals surface area contributed by atoms with Crippen molar-refractivity contribution in [3.63, 3.8) is 0 Å². The molecule has 0 saturated carbocycles. The van der Waals surface area contributed by atoms with Crippen molar-refractivity contribution in [3.05, 3.63) is 0 Å². The summed E-state index contributed by atoms with van der Waals surface area (Å²) in [6, 6.07) is 0.00414. The molecule has 0 saturated heterocycles. The third-order valence-corrected chi connectivity index (χ3v) is 2.32. The predicted molar refractivity (Wildman–Crippen MR) is 61.8 cm³/mol. The SMILES string of the molecule is COC(=O)CN(C(=O)CCCCN)C(C)C. The zero-order chi connectivity index (χ0) is 12.6. The van der Waals surface area contributed by atoms with Crippen molar-refractivity contribution < 1.29 is 14.3 Å². The lowest BCUT2D eigenvalue weighted by molar-refractivity contribution is -0.148. The molecule has 0 aromatic rings. The fourth-order valence-corrected chi connectivity index (χ4v) is 1.33. The number of hydrogen-bond donors (Lipinski definition) is 1. The summed E-state index contributed by atoms with van der Waals surface area (Å²) in [5, 5.41) is 0. The molecule has 0 bridgehead atoms. The van der Waals surface area contributed by atoms with Crippen molar-refractivity contribution in [1.29, 1.82) is 0 Å². The van der Waals surface area contributed by atoms with Gasteiger partial charge in [-0.15, -0.1) is 0 Å². The maximum Gasteiger partial charge on any atom is 0.325 e. The van der Waals surface area contributed by atoms with Crippen LogP contribution in [0.25, 0.3) is 0 Å². The van der Waals surface area contributed by atoms with Crippen LogP contribution in [0.3, 0.4) is 0 Å². The van der Waals surface area contributed by atoms with Crippen molar-refractivity contribution in [3.8, 4) is 0 Å². The van der Waals surface area contributed by atoms with Gasteiger partial charge in [-0.25, -0.2) is 0 Å². The molecule has 0 radical (unpaired) electrons. The summed E-state index contributed by atoms with van der Waals surface area (Å²) >= 11 is 0. The van der Waals surface area contributed by atoms with Crippen LogP contribution in [0.1, 0.15) is 33.1 Å². The molecule has 5 nitrogen and oxygen atoms in total. The summed E-state index contributed by atoms with van der Waals surface area (Å²) in [6.45, 7) is 4.37. The van der Waals surface area contributed by atoms with Gasteiger partial charge in [-0.05, 0) is 33.2 Å². The molecule has 0 aliphatic rings. The van der Waals surface area contributed by atoms with E-state index in [1.165, 1.54) is 12.0 Å². The molecule has 2 N–H and O–H groups in total. The number of ether oxygens (including phenoxy) is 1. The number of methoxy groups -OCH3 is 1. The van der Waals surface area contributed by atoms with Crippen LogP contribution in [-0.2, 0) is 14.3 Å². The van der Waals surface area contributed by atoms with E-state index in [0.717, 1.165) is 12.8 Å². The van der Waals surface area contributed by atoms with Gasteiger partial charge in [0.15, 0.2) is 0 Å². The van der Waals surface area contributed by atoms with Crippen molar-refractivity contribution in [2.24, 2.45) is 5.73 Å². The van der Waals surface area contributed by atoms with E-state index < -0.39 is 0 Å². The van der Waals surface area contributed by atoms with E-state index in [2.05, 4.69) is 4.74 Å². The monoisotopic (exact) mass is 230 g/mol. The van der Waals surface area contributed by atoms with E-state index in [-0.39, 0.29) is 24.5 Å². The van der Waals surface area contributed by atoms with Crippen LogP contribution in [-0.4, -0.2) is 43.0 Å². The molecule has 0 unspecified atom stereocenters.